The van der Waals surface area contributed by atoms with Crippen molar-refractivity contribution in [1.82, 2.24) is 4.98 Å². The molecular formula is C24H18Cl2N2O4. The number of amides is 1. The fourth-order valence-corrected chi connectivity index (χ4v) is 4.21. The summed E-state index contributed by atoms with van der Waals surface area (Å²) in [7, 11) is 1.45. The highest BCUT2D eigenvalue weighted by Gasteiger charge is 2.47. The average molecular weight is 469 g/mol. The van der Waals surface area contributed by atoms with E-state index in [0.717, 1.165) is 0 Å². The SMILES string of the molecule is COc1cc(/C(O)=C2\C(=O)C(=O)N(c3ccc(Cl)cc3C)C2c2cccnc2)ccc1Cl. The van der Waals surface area contributed by atoms with Gasteiger partial charge in [0.05, 0.1) is 23.7 Å². The first kappa shape index (κ1) is 21.9. The van der Waals surface area contributed by atoms with Crippen molar-refractivity contribution in [3.63, 3.8) is 0 Å². The number of halogens is 2. The first-order valence-electron chi connectivity index (χ1n) is 9.64. The van der Waals surface area contributed by atoms with Crippen molar-refractivity contribution in [2.24, 2.45) is 0 Å². The summed E-state index contributed by atoms with van der Waals surface area (Å²) in [6, 6.07) is 12.2. The summed E-state index contributed by atoms with van der Waals surface area (Å²) in [5, 5.41) is 12.0. The highest BCUT2D eigenvalue weighted by molar-refractivity contribution is 6.52. The minimum absolute atomic E-state index is 0.0540. The van der Waals surface area contributed by atoms with Crippen LogP contribution in [0.5, 0.6) is 5.75 Å². The van der Waals surface area contributed by atoms with Gasteiger partial charge in [0.2, 0.25) is 0 Å². The second-order valence-corrected chi connectivity index (χ2v) is 8.08. The lowest BCUT2D eigenvalue weighted by Gasteiger charge is -2.26. The predicted molar refractivity (Wildman–Crippen MR) is 123 cm³/mol. The van der Waals surface area contributed by atoms with Crippen molar-refractivity contribution in [3.8, 4) is 5.75 Å². The highest BCUT2D eigenvalue weighted by atomic mass is 35.5. The Morgan fingerprint density at radius 1 is 1.12 bits per heavy atom. The van der Waals surface area contributed by atoms with Gasteiger partial charge in [0.25, 0.3) is 11.7 Å². The van der Waals surface area contributed by atoms with Gasteiger partial charge in [0.1, 0.15) is 11.5 Å². The van der Waals surface area contributed by atoms with E-state index in [0.29, 0.717) is 38.2 Å². The molecule has 6 nitrogen and oxygen atoms in total. The summed E-state index contributed by atoms with van der Waals surface area (Å²) >= 11 is 12.2. The minimum atomic E-state index is -0.884. The number of rotatable bonds is 4. The number of carbonyl (C=O) groups is 2. The molecule has 2 aromatic carbocycles. The number of nitrogens with zero attached hydrogens (tertiary/aromatic N) is 2. The number of ether oxygens (including phenoxy) is 1. The van der Waals surface area contributed by atoms with Crippen LogP contribution in [0.2, 0.25) is 10.0 Å². The van der Waals surface area contributed by atoms with Crippen LogP contribution in [0, 0.1) is 6.92 Å². The standard InChI is InChI=1S/C24H18Cl2N2O4/c1-13-10-16(25)6-8-18(13)28-21(15-4-3-9-27-12-15)20(23(30)24(28)31)22(29)14-5-7-17(26)19(11-14)32-2/h3-12,21,29H,1-2H3/b22-20+. The van der Waals surface area contributed by atoms with Crippen LogP contribution < -0.4 is 9.64 Å². The summed E-state index contributed by atoms with van der Waals surface area (Å²) in [5.41, 5.74) is 2.04. The Morgan fingerprint density at radius 3 is 2.56 bits per heavy atom. The lowest BCUT2D eigenvalue weighted by molar-refractivity contribution is -0.132. The van der Waals surface area contributed by atoms with E-state index in [2.05, 4.69) is 4.98 Å². The summed E-state index contributed by atoms with van der Waals surface area (Å²) in [6.45, 7) is 1.80. The molecule has 0 bridgehead atoms. The molecule has 0 spiro atoms. The smallest absolute Gasteiger partial charge is 0.300 e. The summed E-state index contributed by atoms with van der Waals surface area (Å²) in [4.78, 5) is 31.9. The zero-order chi connectivity index (χ0) is 23.0. The molecule has 8 heteroatoms. The van der Waals surface area contributed by atoms with E-state index in [1.54, 1.807) is 61.8 Å². The molecule has 3 aromatic rings. The third-order valence-corrected chi connectivity index (χ3v) is 5.83. The Labute approximate surface area is 194 Å². The van der Waals surface area contributed by atoms with Crippen molar-refractivity contribution < 1.29 is 19.4 Å². The Kier molecular flexibility index (Phi) is 5.91. The Morgan fingerprint density at radius 2 is 1.91 bits per heavy atom. The van der Waals surface area contributed by atoms with Crippen LogP contribution in [0.25, 0.3) is 5.76 Å². The van der Waals surface area contributed by atoms with Crippen molar-refractivity contribution in [2.75, 3.05) is 12.0 Å². The number of Topliss-reactive ketones (excluding diaryl/α,β-unsaturated/α-hetero) is 1. The van der Waals surface area contributed by atoms with Crippen molar-refractivity contribution >= 4 is 46.3 Å². The van der Waals surface area contributed by atoms with Gasteiger partial charge in [-0.3, -0.25) is 19.5 Å². The molecule has 4 rings (SSSR count). The van der Waals surface area contributed by atoms with Crippen LogP contribution in [-0.4, -0.2) is 28.9 Å². The minimum Gasteiger partial charge on any atom is -0.507 e. The number of benzene rings is 2. The van der Waals surface area contributed by atoms with Crippen LogP contribution in [0.3, 0.4) is 0 Å². The molecule has 1 saturated heterocycles. The number of pyridine rings is 1. The molecule has 1 atom stereocenters. The zero-order valence-corrected chi connectivity index (χ0v) is 18.7. The van der Waals surface area contributed by atoms with Crippen molar-refractivity contribution in [3.05, 3.63) is 93.2 Å². The number of aromatic nitrogens is 1. The lowest BCUT2D eigenvalue weighted by Crippen LogP contribution is -2.30. The average Bonchev–Trinajstić information content (AvgIpc) is 3.05. The van der Waals surface area contributed by atoms with Gasteiger partial charge in [-0.2, -0.15) is 0 Å². The molecule has 1 aromatic heterocycles. The van der Waals surface area contributed by atoms with Crippen LogP contribution in [0.4, 0.5) is 5.69 Å². The van der Waals surface area contributed by atoms with E-state index in [4.69, 9.17) is 27.9 Å². The number of carbonyl (C=O) groups excluding carboxylic acids is 2. The van der Waals surface area contributed by atoms with Gasteiger partial charge >= 0.3 is 0 Å². The van der Waals surface area contributed by atoms with E-state index in [1.807, 2.05) is 0 Å². The van der Waals surface area contributed by atoms with E-state index < -0.39 is 17.7 Å². The van der Waals surface area contributed by atoms with Gasteiger partial charge in [-0.05, 0) is 60.5 Å². The molecule has 1 amide bonds. The number of aryl methyl sites for hydroxylation is 1. The fraction of sp³-hybridized carbons (Fsp3) is 0.125. The Hall–Kier alpha value is -3.35. The molecular weight excluding hydrogens is 451 g/mol. The highest BCUT2D eigenvalue weighted by Crippen LogP contribution is 2.43. The number of ketones is 1. The second-order valence-electron chi connectivity index (χ2n) is 7.24. The predicted octanol–water partition coefficient (Wildman–Crippen LogP) is 5.33. The maximum atomic E-state index is 13.2. The third-order valence-electron chi connectivity index (χ3n) is 5.29. The monoisotopic (exact) mass is 468 g/mol. The van der Waals surface area contributed by atoms with Gasteiger partial charge < -0.3 is 9.84 Å². The fourth-order valence-electron chi connectivity index (χ4n) is 3.79. The van der Waals surface area contributed by atoms with Gasteiger partial charge in [0.15, 0.2) is 0 Å². The van der Waals surface area contributed by atoms with Crippen LogP contribution in [0.1, 0.15) is 22.7 Å². The van der Waals surface area contributed by atoms with Crippen LogP contribution in [-0.2, 0) is 9.59 Å². The van der Waals surface area contributed by atoms with E-state index in [-0.39, 0.29) is 11.3 Å². The molecule has 1 N–H and O–H groups in total. The normalized spacial score (nSPS) is 17.6. The van der Waals surface area contributed by atoms with E-state index in [9.17, 15) is 14.7 Å². The lowest BCUT2D eigenvalue weighted by atomic mass is 9.96. The van der Waals surface area contributed by atoms with Crippen molar-refractivity contribution in [2.45, 2.75) is 13.0 Å². The Balaban J connectivity index is 1.96. The molecule has 0 saturated carbocycles. The number of methoxy groups -OCH3 is 1. The maximum absolute atomic E-state index is 13.2. The molecule has 0 aliphatic carbocycles. The molecule has 32 heavy (non-hydrogen) atoms. The molecule has 1 fully saturated rings. The van der Waals surface area contributed by atoms with E-state index in [1.165, 1.54) is 18.1 Å². The molecule has 1 aliphatic heterocycles. The van der Waals surface area contributed by atoms with Gasteiger partial charge in [-0.25, -0.2) is 0 Å². The van der Waals surface area contributed by atoms with Gasteiger partial charge in [-0.1, -0.05) is 29.3 Å². The van der Waals surface area contributed by atoms with Gasteiger partial charge in [-0.15, -0.1) is 0 Å². The van der Waals surface area contributed by atoms with Crippen molar-refractivity contribution in [1.29, 1.82) is 0 Å². The summed E-state index contributed by atoms with van der Waals surface area (Å²) in [6.07, 6.45) is 3.15. The molecule has 0 radical (unpaired) electrons. The molecule has 1 unspecified atom stereocenters. The second kappa shape index (κ2) is 8.65. The van der Waals surface area contributed by atoms with E-state index >= 15 is 0 Å². The summed E-state index contributed by atoms with van der Waals surface area (Å²) < 4.78 is 5.22. The molecule has 162 valence electrons. The maximum Gasteiger partial charge on any atom is 0.300 e. The summed E-state index contributed by atoms with van der Waals surface area (Å²) in [5.74, 6) is -1.57. The topological polar surface area (TPSA) is 79.7 Å². The van der Waals surface area contributed by atoms with Crippen LogP contribution in [0.15, 0.2) is 66.5 Å². The third kappa shape index (κ3) is 3.72. The molecule has 1 aliphatic rings. The van der Waals surface area contributed by atoms with Gasteiger partial charge in [0, 0.05) is 28.7 Å². The largest absolute Gasteiger partial charge is 0.507 e. The number of aliphatic hydroxyl groups is 1. The number of hydrogen-bond acceptors (Lipinski definition) is 5. The quantitative estimate of drug-likeness (QED) is 0.317. The number of anilines is 1. The number of aliphatic hydroxyl groups excluding tert-OH is 1. The first-order chi connectivity index (χ1) is 15.3. The zero-order valence-electron chi connectivity index (χ0n) is 17.2. The number of hydrogen-bond donors (Lipinski definition) is 1. The van der Waals surface area contributed by atoms with Crippen LogP contribution >= 0.6 is 23.2 Å². The Bertz CT molecular complexity index is 1260. The first-order valence-corrected chi connectivity index (χ1v) is 10.4. The molecule has 2 heterocycles.